The Morgan fingerprint density at radius 3 is 2.40 bits per heavy atom. The van der Waals surface area contributed by atoms with Gasteiger partial charge in [0.15, 0.2) is 5.90 Å². The quantitative estimate of drug-likeness (QED) is 0.545. The number of hydrogen-bond donors (Lipinski definition) is 0. The second kappa shape index (κ2) is 5.35. The Labute approximate surface area is 91.3 Å². The molecule has 1 aromatic rings. The van der Waals surface area contributed by atoms with Gasteiger partial charge in [-0.15, -0.1) is 0 Å². The fraction of sp³-hybridized carbons (Fsp3) is 0.308. The first-order valence-corrected chi connectivity index (χ1v) is 5.05. The third kappa shape index (κ3) is 3.24. The van der Waals surface area contributed by atoms with Crippen LogP contribution < -0.4 is 0 Å². The molecule has 0 atom stereocenters. The van der Waals surface area contributed by atoms with Crippen molar-refractivity contribution in [2.75, 3.05) is 7.11 Å². The minimum Gasteiger partial charge on any atom is -0.484 e. The zero-order valence-electron chi connectivity index (χ0n) is 9.58. The van der Waals surface area contributed by atoms with E-state index in [-0.39, 0.29) is 0 Å². The van der Waals surface area contributed by atoms with Gasteiger partial charge < -0.3 is 4.74 Å². The smallest absolute Gasteiger partial charge is 0.184 e. The van der Waals surface area contributed by atoms with Gasteiger partial charge in [0.05, 0.1) is 12.8 Å². The van der Waals surface area contributed by atoms with E-state index in [1.807, 2.05) is 19.1 Å². The molecule has 0 heterocycles. The fourth-order valence-electron chi connectivity index (χ4n) is 1.23. The lowest BCUT2D eigenvalue weighted by Gasteiger charge is -2.03. The van der Waals surface area contributed by atoms with Crippen LogP contribution in [0.5, 0.6) is 0 Å². The van der Waals surface area contributed by atoms with Crippen LogP contribution in [0.4, 0.5) is 0 Å². The number of ether oxygens (including phenoxy) is 1. The summed E-state index contributed by atoms with van der Waals surface area (Å²) in [5, 5.41) is 0. The van der Waals surface area contributed by atoms with Crippen LogP contribution >= 0.6 is 0 Å². The predicted molar refractivity (Wildman–Crippen MR) is 65.0 cm³/mol. The standard InChI is InChI=1S/C13H17NO/c1-5-12-6-8-13(9-7-12)10(2)14-11(3)15-4/h6-9H,2,5H2,1,3-4H3. The van der Waals surface area contributed by atoms with Gasteiger partial charge in [-0.1, -0.05) is 37.8 Å². The molecule has 2 heteroatoms. The topological polar surface area (TPSA) is 21.6 Å². The minimum atomic E-state index is 0.625. The fourth-order valence-corrected chi connectivity index (χ4v) is 1.23. The lowest BCUT2D eigenvalue weighted by molar-refractivity contribution is 0.400. The van der Waals surface area contributed by atoms with Crippen molar-refractivity contribution in [2.24, 2.45) is 4.99 Å². The molecule has 1 aromatic carbocycles. The molecule has 0 bridgehead atoms. The van der Waals surface area contributed by atoms with E-state index in [0.29, 0.717) is 5.90 Å². The van der Waals surface area contributed by atoms with Crippen molar-refractivity contribution in [1.29, 1.82) is 0 Å². The second-order valence-electron chi connectivity index (χ2n) is 3.33. The molecule has 0 unspecified atom stereocenters. The third-order valence-corrected chi connectivity index (χ3v) is 2.28. The molecular formula is C13H17NO. The van der Waals surface area contributed by atoms with E-state index in [9.17, 15) is 0 Å². The maximum Gasteiger partial charge on any atom is 0.184 e. The van der Waals surface area contributed by atoms with Crippen LogP contribution in [0.2, 0.25) is 0 Å². The number of aliphatic imine (C=N–C) groups is 1. The number of benzene rings is 1. The normalized spacial score (nSPS) is 11.3. The van der Waals surface area contributed by atoms with Crippen LogP contribution in [0.15, 0.2) is 35.8 Å². The molecule has 0 radical (unpaired) electrons. The molecule has 0 amide bonds. The third-order valence-electron chi connectivity index (χ3n) is 2.28. The highest BCUT2D eigenvalue weighted by atomic mass is 16.5. The SMILES string of the molecule is C=C(N=C(C)OC)c1ccc(CC)cc1. The summed E-state index contributed by atoms with van der Waals surface area (Å²) >= 11 is 0. The maximum absolute atomic E-state index is 4.98. The molecule has 1 rings (SSSR count). The van der Waals surface area contributed by atoms with Gasteiger partial charge in [0.25, 0.3) is 0 Å². The van der Waals surface area contributed by atoms with Crippen LogP contribution in [0.1, 0.15) is 25.0 Å². The van der Waals surface area contributed by atoms with Gasteiger partial charge in [-0.25, -0.2) is 4.99 Å². The summed E-state index contributed by atoms with van der Waals surface area (Å²) < 4.78 is 4.98. The number of nitrogens with zero attached hydrogens (tertiary/aromatic N) is 1. The molecular weight excluding hydrogens is 186 g/mol. The molecule has 2 nitrogen and oxygen atoms in total. The Morgan fingerprint density at radius 1 is 1.33 bits per heavy atom. The molecule has 0 aliphatic rings. The summed E-state index contributed by atoms with van der Waals surface area (Å²) in [4.78, 5) is 4.22. The van der Waals surface area contributed by atoms with Crippen LogP contribution in [0.3, 0.4) is 0 Å². The van der Waals surface area contributed by atoms with Crippen molar-refractivity contribution >= 4 is 11.6 Å². The number of aryl methyl sites for hydroxylation is 1. The highest BCUT2D eigenvalue weighted by Gasteiger charge is 1.98. The lowest BCUT2D eigenvalue weighted by Crippen LogP contribution is -1.94. The van der Waals surface area contributed by atoms with Gasteiger partial charge in [0.2, 0.25) is 0 Å². The molecule has 0 saturated carbocycles. The molecule has 0 spiro atoms. The summed E-state index contributed by atoms with van der Waals surface area (Å²) in [6.45, 7) is 7.85. The maximum atomic E-state index is 4.98. The van der Waals surface area contributed by atoms with Crippen LogP contribution in [0, 0.1) is 0 Å². The van der Waals surface area contributed by atoms with Gasteiger partial charge in [-0.05, 0) is 17.5 Å². The van der Waals surface area contributed by atoms with Gasteiger partial charge in [0.1, 0.15) is 0 Å². The summed E-state index contributed by atoms with van der Waals surface area (Å²) in [7, 11) is 1.60. The zero-order valence-corrected chi connectivity index (χ0v) is 9.58. The molecule has 0 N–H and O–H groups in total. The highest BCUT2D eigenvalue weighted by molar-refractivity contribution is 5.81. The van der Waals surface area contributed by atoms with Gasteiger partial charge in [0, 0.05) is 6.92 Å². The predicted octanol–water partition coefficient (Wildman–Crippen LogP) is 3.28. The largest absolute Gasteiger partial charge is 0.484 e. The average molecular weight is 203 g/mol. The van der Waals surface area contributed by atoms with Crippen LogP contribution in [-0.2, 0) is 11.2 Å². The number of rotatable bonds is 3. The summed E-state index contributed by atoms with van der Waals surface area (Å²) in [6, 6.07) is 8.26. The van der Waals surface area contributed by atoms with Gasteiger partial charge >= 0.3 is 0 Å². The van der Waals surface area contributed by atoms with Crippen molar-refractivity contribution in [3.63, 3.8) is 0 Å². The first-order valence-electron chi connectivity index (χ1n) is 5.05. The Hall–Kier alpha value is -1.57. The van der Waals surface area contributed by atoms with E-state index >= 15 is 0 Å². The lowest BCUT2D eigenvalue weighted by atomic mass is 10.1. The van der Waals surface area contributed by atoms with E-state index in [1.54, 1.807) is 7.11 Å². The Morgan fingerprint density at radius 2 is 1.93 bits per heavy atom. The molecule has 0 aromatic heterocycles. The average Bonchev–Trinajstić information content (AvgIpc) is 2.29. The molecule has 0 aliphatic heterocycles. The highest BCUT2D eigenvalue weighted by Crippen LogP contribution is 2.15. The van der Waals surface area contributed by atoms with Crippen molar-refractivity contribution in [2.45, 2.75) is 20.3 Å². The van der Waals surface area contributed by atoms with E-state index in [0.717, 1.165) is 17.7 Å². The molecule has 0 saturated heterocycles. The van der Waals surface area contributed by atoms with Crippen LogP contribution in [-0.4, -0.2) is 13.0 Å². The summed E-state index contributed by atoms with van der Waals surface area (Å²) in [6.07, 6.45) is 1.05. The van der Waals surface area contributed by atoms with Crippen molar-refractivity contribution in [1.82, 2.24) is 0 Å². The van der Waals surface area contributed by atoms with E-state index in [1.165, 1.54) is 5.56 Å². The Kier molecular flexibility index (Phi) is 4.10. The van der Waals surface area contributed by atoms with Crippen molar-refractivity contribution in [3.05, 3.63) is 42.0 Å². The Balaban J connectivity index is 2.83. The van der Waals surface area contributed by atoms with Crippen molar-refractivity contribution < 1.29 is 4.74 Å². The van der Waals surface area contributed by atoms with Gasteiger partial charge in [-0.2, -0.15) is 0 Å². The van der Waals surface area contributed by atoms with E-state index in [2.05, 4.69) is 30.6 Å². The first kappa shape index (κ1) is 11.5. The Bertz CT molecular complexity index is 363. The summed E-state index contributed by atoms with van der Waals surface area (Å²) in [5.41, 5.74) is 3.08. The van der Waals surface area contributed by atoms with Crippen LogP contribution in [0.25, 0.3) is 5.70 Å². The molecule has 80 valence electrons. The monoisotopic (exact) mass is 203 g/mol. The molecule has 0 aliphatic carbocycles. The van der Waals surface area contributed by atoms with E-state index < -0.39 is 0 Å². The zero-order chi connectivity index (χ0) is 11.3. The first-order chi connectivity index (χ1) is 7.17. The number of methoxy groups -OCH3 is 1. The van der Waals surface area contributed by atoms with Gasteiger partial charge in [-0.3, -0.25) is 0 Å². The number of hydrogen-bond acceptors (Lipinski definition) is 2. The molecule has 15 heavy (non-hydrogen) atoms. The summed E-state index contributed by atoms with van der Waals surface area (Å²) in [5.74, 6) is 0.625. The minimum absolute atomic E-state index is 0.625. The second-order valence-corrected chi connectivity index (χ2v) is 3.33. The van der Waals surface area contributed by atoms with Crippen molar-refractivity contribution in [3.8, 4) is 0 Å². The molecule has 0 fully saturated rings. The van der Waals surface area contributed by atoms with E-state index in [4.69, 9.17) is 4.74 Å².